The van der Waals surface area contributed by atoms with Crippen LogP contribution < -0.4 is 17.0 Å². The van der Waals surface area contributed by atoms with Gasteiger partial charge in [-0.25, -0.2) is 5.84 Å². The van der Waals surface area contributed by atoms with Gasteiger partial charge in [0.05, 0.1) is 5.41 Å². The van der Waals surface area contributed by atoms with E-state index < -0.39 is 5.41 Å². The molecule has 0 bridgehead atoms. The number of hydrogen-bond donors (Lipinski definition) is 3. The quantitative estimate of drug-likeness (QED) is 0.285. The van der Waals surface area contributed by atoms with Gasteiger partial charge in [-0.2, -0.15) is 0 Å². The molecule has 1 amide bonds. The van der Waals surface area contributed by atoms with Crippen LogP contribution in [0, 0.1) is 5.41 Å². The number of anilines is 1. The summed E-state index contributed by atoms with van der Waals surface area (Å²) in [7, 11) is 1.77. The molecule has 0 saturated carbocycles. The van der Waals surface area contributed by atoms with E-state index >= 15 is 0 Å². The molecule has 8 heteroatoms. The largest absolute Gasteiger partial charge is 0.368 e. The molecule has 1 aromatic rings. The second-order valence-electron chi connectivity index (χ2n) is 4.05. The van der Waals surface area contributed by atoms with Gasteiger partial charge in [-0.3, -0.25) is 14.8 Å². The topological polar surface area (TPSA) is 112 Å². The van der Waals surface area contributed by atoms with Gasteiger partial charge >= 0.3 is 0 Å². The van der Waals surface area contributed by atoms with E-state index in [2.05, 4.69) is 15.6 Å². The third kappa shape index (κ3) is 2.64. The van der Waals surface area contributed by atoms with Gasteiger partial charge in [0.1, 0.15) is 0 Å². The lowest BCUT2D eigenvalue weighted by Gasteiger charge is -2.20. The highest BCUT2D eigenvalue weighted by molar-refractivity contribution is 7.99. The fourth-order valence-electron chi connectivity index (χ4n) is 0.958. The Hall–Kier alpha value is -1.28. The summed E-state index contributed by atoms with van der Waals surface area (Å²) in [5.74, 6) is 5.78. The summed E-state index contributed by atoms with van der Waals surface area (Å²) < 4.78 is 1.67. The van der Waals surface area contributed by atoms with Crippen molar-refractivity contribution in [2.75, 3.05) is 11.5 Å². The van der Waals surface area contributed by atoms with E-state index in [1.165, 1.54) is 11.8 Å². The summed E-state index contributed by atoms with van der Waals surface area (Å²) >= 11 is 1.41. The van der Waals surface area contributed by atoms with Crippen LogP contribution in [0.3, 0.4) is 0 Å². The normalized spacial score (nSPS) is 11.5. The van der Waals surface area contributed by atoms with Gasteiger partial charge in [0.15, 0.2) is 5.16 Å². The van der Waals surface area contributed by atoms with E-state index in [1.807, 2.05) is 13.8 Å². The maximum atomic E-state index is 11.4. The van der Waals surface area contributed by atoms with E-state index in [4.69, 9.17) is 11.6 Å². The second kappa shape index (κ2) is 4.71. The highest BCUT2D eigenvalue weighted by Crippen LogP contribution is 2.26. The number of hydrazine groups is 1. The van der Waals surface area contributed by atoms with Crippen molar-refractivity contribution < 1.29 is 4.79 Å². The van der Waals surface area contributed by atoms with Crippen LogP contribution in [-0.4, -0.2) is 26.4 Å². The number of amides is 1. The van der Waals surface area contributed by atoms with Crippen molar-refractivity contribution in [2.45, 2.75) is 19.0 Å². The molecule has 1 heterocycles. The van der Waals surface area contributed by atoms with Crippen molar-refractivity contribution in [2.24, 2.45) is 18.3 Å². The molecule has 0 unspecified atom stereocenters. The fourth-order valence-corrected chi connectivity index (χ4v) is 1.96. The van der Waals surface area contributed by atoms with Crippen LogP contribution in [-0.2, 0) is 11.8 Å². The zero-order valence-electron chi connectivity index (χ0n) is 9.52. The third-order valence-corrected chi connectivity index (χ3v) is 3.66. The van der Waals surface area contributed by atoms with Gasteiger partial charge in [-0.15, -0.1) is 10.2 Å². The van der Waals surface area contributed by atoms with Crippen LogP contribution >= 0.6 is 11.8 Å². The highest BCUT2D eigenvalue weighted by atomic mass is 32.2. The summed E-state index contributed by atoms with van der Waals surface area (Å²) in [5, 5.41) is 8.29. The average Bonchev–Trinajstić information content (AvgIpc) is 2.56. The van der Waals surface area contributed by atoms with Crippen LogP contribution in [0.4, 0.5) is 5.95 Å². The van der Waals surface area contributed by atoms with Crippen LogP contribution in [0.15, 0.2) is 5.16 Å². The van der Waals surface area contributed by atoms with E-state index in [0.717, 1.165) is 0 Å². The molecule has 16 heavy (non-hydrogen) atoms. The molecule has 90 valence electrons. The Labute approximate surface area is 97.9 Å². The third-order valence-electron chi connectivity index (χ3n) is 2.18. The number of nitrogen functional groups attached to an aromatic ring is 1. The number of thioether (sulfide) groups is 1. The van der Waals surface area contributed by atoms with Crippen molar-refractivity contribution in [3.8, 4) is 0 Å². The lowest BCUT2D eigenvalue weighted by molar-refractivity contribution is -0.128. The highest BCUT2D eigenvalue weighted by Gasteiger charge is 2.27. The van der Waals surface area contributed by atoms with Gasteiger partial charge < -0.3 is 5.73 Å². The number of aromatic nitrogens is 3. The Kier molecular flexibility index (Phi) is 3.76. The molecular formula is C8H16N6OS. The van der Waals surface area contributed by atoms with Gasteiger partial charge in [-0.1, -0.05) is 25.6 Å². The molecule has 0 fully saturated rings. The molecule has 0 atom stereocenters. The molecule has 0 spiro atoms. The molecule has 0 aliphatic heterocycles. The number of hydrogen-bond acceptors (Lipinski definition) is 6. The van der Waals surface area contributed by atoms with Crippen molar-refractivity contribution in [3.63, 3.8) is 0 Å². The number of nitrogens with zero attached hydrogens (tertiary/aromatic N) is 3. The first-order valence-corrected chi connectivity index (χ1v) is 5.66. The number of carbonyl (C=O) groups excluding carboxylic acids is 1. The number of nitrogens with two attached hydrogens (primary N) is 2. The van der Waals surface area contributed by atoms with E-state index in [-0.39, 0.29) is 5.91 Å². The standard InChI is InChI=1S/C8H16N6OS/c1-8(2,5(15)11-10)4-16-7-13-12-6(9)14(7)3/h4,10H2,1-3H3,(H2,9,12)(H,11,15). The maximum Gasteiger partial charge on any atom is 0.240 e. The number of carbonyl (C=O) groups is 1. The average molecular weight is 244 g/mol. The van der Waals surface area contributed by atoms with E-state index in [9.17, 15) is 4.79 Å². The summed E-state index contributed by atoms with van der Waals surface area (Å²) in [4.78, 5) is 11.4. The zero-order valence-corrected chi connectivity index (χ0v) is 10.3. The van der Waals surface area contributed by atoms with Crippen LogP contribution in [0.2, 0.25) is 0 Å². The molecule has 0 aliphatic rings. The van der Waals surface area contributed by atoms with Crippen molar-refractivity contribution >= 4 is 23.6 Å². The Morgan fingerprint density at radius 1 is 1.56 bits per heavy atom. The van der Waals surface area contributed by atoms with Crippen LogP contribution in [0.1, 0.15) is 13.8 Å². The van der Waals surface area contributed by atoms with Crippen molar-refractivity contribution in [1.29, 1.82) is 0 Å². The van der Waals surface area contributed by atoms with Gasteiger partial charge in [-0.05, 0) is 0 Å². The van der Waals surface area contributed by atoms with Gasteiger partial charge in [0.25, 0.3) is 0 Å². The first-order chi connectivity index (χ1) is 7.38. The number of rotatable bonds is 4. The summed E-state index contributed by atoms with van der Waals surface area (Å²) in [6.45, 7) is 3.61. The predicted molar refractivity (Wildman–Crippen MR) is 62.3 cm³/mol. The zero-order chi connectivity index (χ0) is 12.3. The summed E-state index contributed by atoms with van der Waals surface area (Å²) in [6.07, 6.45) is 0. The molecule has 7 nitrogen and oxygen atoms in total. The Morgan fingerprint density at radius 3 is 2.62 bits per heavy atom. The smallest absolute Gasteiger partial charge is 0.240 e. The monoisotopic (exact) mass is 244 g/mol. The van der Waals surface area contributed by atoms with Gasteiger partial charge in [0, 0.05) is 12.8 Å². The summed E-state index contributed by atoms with van der Waals surface area (Å²) in [6, 6.07) is 0. The molecule has 0 aromatic carbocycles. The van der Waals surface area contributed by atoms with Crippen molar-refractivity contribution in [1.82, 2.24) is 20.2 Å². The van der Waals surface area contributed by atoms with Crippen LogP contribution in [0.25, 0.3) is 0 Å². The molecular weight excluding hydrogens is 228 g/mol. The van der Waals surface area contributed by atoms with Gasteiger partial charge in [0.2, 0.25) is 11.9 Å². The maximum absolute atomic E-state index is 11.4. The predicted octanol–water partition coefficient (Wildman–Crippen LogP) is -0.494. The lowest BCUT2D eigenvalue weighted by Crippen LogP contribution is -2.42. The minimum Gasteiger partial charge on any atom is -0.368 e. The minimum absolute atomic E-state index is 0.213. The fraction of sp³-hybridized carbons (Fsp3) is 0.625. The second-order valence-corrected chi connectivity index (χ2v) is 4.99. The molecule has 1 rings (SSSR count). The molecule has 0 saturated heterocycles. The lowest BCUT2D eigenvalue weighted by atomic mass is 9.96. The SMILES string of the molecule is Cn1c(N)nnc1SCC(C)(C)C(=O)NN. The van der Waals surface area contributed by atoms with Crippen molar-refractivity contribution in [3.05, 3.63) is 0 Å². The molecule has 5 N–H and O–H groups in total. The molecule has 0 radical (unpaired) electrons. The molecule has 1 aromatic heterocycles. The van der Waals surface area contributed by atoms with E-state index in [1.54, 1.807) is 11.6 Å². The Balaban J connectivity index is 2.64. The first kappa shape index (κ1) is 12.8. The van der Waals surface area contributed by atoms with Crippen LogP contribution in [0.5, 0.6) is 0 Å². The Morgan fingerprint density at radius 2 is 2.19 bits per heavy atom. The van der Waals surface area contributed by atoms with E-state index in [0.29, 0.717) is 16.9 Å². The first-order valence-electron chi connectivity index (χ1n) is 4.67. The number of nitrogens with one attached hydrogen (secondary N) is 1. The minimum atomic E-state index is -0.569. The Bertz CT molecular complexity index is 388. The molecule has 0 aliphatic carbocycles. The summed E-state index contributed by atoms with van der Waals surface area (Å²) in [5.41, 5.74) is 7.11.